The van der Waals surface area contributed by atoms with Gasteiger partial charge in [0.25, 0.3) is 0 Å². The van der Waals surface area contributed by atoms with Crippen LogP contribution in [-0.4, -0.2) is 34.3 Å². The molecule has 5 nitrogen and oxygen atoms in total. The highest BCUT2D eigenvalue weighted by atomic mass is 32.1. The second-order valence-corrected chi connectivity index (χ2v) is 7.16. The number of carboxylic acid groups (broad SMARTS) is 1. The van der Waals surface area contributed by atoms with Crippen molar-refractivity contribution in [3.8, 4) is 0 Å². The lowest BCUT2D eigenvalue weighted by Gasteiger charge is -2.18. The van der Waals surface area contributed by atoms with Crippen LogP contribution in [0.15, 0.2) is 54.7 Å². The van der Waals surface area contributed by atoms with Crippen LogP contribution in [0.1, 0.15) is 23.4 Å². The fourth-order valence-corrected chi connectivity index (χ4v) is 3.63. The van der Waals surface area contributed by atoms with Gasteiger partial charge >= 0.3 is 5.97 Å². The van der Waals surface area contributed by atoms with E-state index in [9.17, 15) is 15.0 Å². The molecule has 0 saturated heterocycles. The summed E-state index contributed by atoms with van der Waals surface area (Å²) in [5.41, 5.74) is 2.49. The number of nitrogens with zero attached hydrogens (tertiary/aromatic N) is 2. The first-order valence-electron chi connectivity index (χ1n) is 8.23. The molecule has 0 amide bonds. The van der Waals surface area contributed by atoms with E-state index in [-0.39, 0.29) is 0 Å². The molecule has 1 heterocycles. The molecule has 0 aliphatic heterocycles. The van der Waals surface area contributed by atoms with E-state index in [2.05, 4.69) is 4.98 Å². The predicted octanol–water partition coefficient (Wildman–Crippen LogP) is 3.95. The number of benzene rings is 2. The fourth-order valence-electron chi connectivity index (χ4n) is 2.77. The van der Waals surface area contributed by atoms with Crippen LogP contribution in [-0.2, 0) is 4.79 Å². The highest BCUT2D eigenvalue weighted by Gasteiger charge is 2.24. The molecule has 0 saturated carbocycles. The number of fused-ring (bicyclic) bond motifs is 1. The van der Waals surface area contributed by atoms with E-state index in [1.807, 2.05) is 60.6 Å². The molecule has 0 bridgehead atoms. The molecule has 0 radical (unpaired) electrons. The second kappa shape index (κ2) is 7.68. The van der Waals surface area contributed by atoms with Crippen molar-refractivity contribution in [3.63, 3.8) is 0 Å². The zero-order chi connectivity index (χ0) is 18.7. The molecule has 2 N–H and O–H groups in total. The average molecular weight is 368 g/mol. The summed E-state index contributed by atoms with van der Waals surface area (Å²) in [4.78, 5) is 17.8. The number of hydrogen-bond donors (Lipinski definition) is 2. The Kier molecular flexibility index (Phi) is 5.35. The zero-order valence-electron chi connectivity index (χ0n) is 14.5. The van der Waals surface area contributed by atoms with Crippen LogP contribution in [0.3, 0.4) is 0 Å². The molecule has 0 aliphatic carbocycles. The number of hydrogen-bond acceptors (Lipinski definition) is 5. The van der Waals surface area contributed by atoms with Crippen LogP contribution in [0.2, 0.25) is 0 Å². The molecule has 2 aromatic carbocycles. The summed E-state index contributed by atoms with van der Waals surface area (Å²) >= 11 is 1.63. The maximum atomic E-state index is 11.3. The van der Waals surface area contributed by atoms with Crippen molar-refractivity contribution in [2.75, 3.05) is 11.9 Å². The molecule has 1 aromatic heterocycles. The van der Waals surface area contributed by atoms with E-state index in [1.54, 1.807) is 23.5 Å². The Morgan fingerprint density at radius 2 is 1.88 bits per heavy atom. The van der Waals surface area contributed by atoms with E-state index in [4.69, 9.17) is 0 Å². The third-order valence-electron chi connectivity index (χ3n) is 4.16. The van der Waals surface area contributed by atoms with Gasteiger partial charge in [0.15, 0.2) is 0 Å². The van der Waals surface area contributed by atoms with Gasteiger partial charge in [0.05, 0.1) is 16.3 Å². The number of para-hydroxylation sites is 1. The highest BCUT2D eigenvalue weighted by Crippen LogP contribution is 2.25. The number of carbonyl (C=O) groups is 1. The molecular weight excluding hydrogens is 348 g/mol. The van der Waals surface area contributed by atoms with Gasteiger partial charge in [-0.2, -0.15) is 0 Å². The zero-order valence-corrected chi connectivity index (χ0v) is 15.4. The Labute approximate surface area is 155 Å². The number of carboxylic acids is 1. The number of thiazole rings is 1. The van der Waals surface area contributed by atoms with Crippen LogP contribution >= 0.6 is 11.3 Å². The molecule has 134 valence electrons. The lowest BCUT2D eigenvalue weighted by molar-refractivity contribution is -0.141. The first-order chi connectivity index (χ1) is 12.5. The lowest BCUT2D eigenvalue weighted by atomic mass is 9.94. The van der Waals surface area contributed by atoms with Crippen molar-refractivity contribution in [2.45, 2.75) is 18.9 Å². The molecule has 0 aliphatic rings. The molecule has 26 heavy (non-hydrogen) atoms. The van der Waals surface area contributed by atoms with Gasteiger partial charge in [0.2, 0.25) is 0 Å². The van der Waals surface area contributed by atoms with E-state index in [0.29, 0.717) is 5.56 Å². The van der Waals surface area contributed by atoms with Gasteiger partial charge in [-0.15, -0.1) is 11.3 Å². The molecule has 3 rings (SSSR count). The minimum Gasteiger partial charge on any atom is -0.481 e. The molecular formula is C20H20N2O3S. The molecule has 2 atom stereocenters. The molecule has 0 spiro atoms. The quantitative estimate of drug-likeness (QED) is 0.689. The lowest BCUT2D eigenvalue weighted by Crippen LogP contribution is -2.23. The van der Waals surface area contributed by atoms with Crippen LogP contribution in [0.5, 0.6) is 0 Å². The maximum Gasteiger partial charge on any atom is 0.313 e. The summed E-state index contributed by atoms with van der Waals surface area (Å²) in [5, 5.41) is 19.9. The Bertz CT molecular complexity index is 899. The van der Waals surface area contributed by atoms with Crippen molar-refractivity contribution < 1.29 is 15.0 Å². The van der Waals surface area contributed by atoms with Gasteiger partial charge in [0, 0.05) is 18.9 Å². The predicted molar refractivity (Wildman–Crippen MR) is 106 cm³/mol. The van der Waals surface area contributed by atoms with E-state index >= 15 is 0 Å². The van der Waals surface area contributed by atoms with Crippen molar-refractivity contribution in [1.82, 2.24) is 4.98 Å². The van der Waals surface area contributed by atoms with Gasteiger partial charge in [-0.05, 0) is 42.8 Å². The van der Waals surface area contributed by atoms with E-state index in [1.165, 1.54) is 6.92 Å². The monoisotopic (exact) mass is 368 g/mol. The molecule has 2 unspecified atom stereocenters. The van der Waals surface area contributed by atoms with E-state index in [0.717, 1.165) is 20.9 Å². The first kappa shape index (κ1) is 18.1. The van der Waals surface area contributed by atoms with E-state index < -0.39 is 18.0 Å². The van der Waals surface area contributed by atoms with Crippen molar-refractivity contribution in [3.05, 3.63) is 65.3 Å². The number of rotatable bonds is 6. The second-order valence-electron chi connectivity index (χ2n) is 6.09. The minimum atomic E-state index is -1.03. The third kappa shape index (κ3) is 3.92. The van der Waals surface area contributed by atoms with Crippen LogP contribution < -0.4 is 4.90 Å². The number of aliphatic hydroxyl groups is 1. The number of anilines is 1. The van der Waals surface area contributed by atoms with Crippen molar-refractivity contribution in [1.29, 1.82) is 0 Å². The normalized spacial score (nSPS) is 13.8. The highest BCUT2D eigenvalue weighted by molar-refractivity contribution is 7.19. The summed E-state index contributed by atoms with van der Waals surface area (Å²) in [6.45, 7) is 1.49. The molecule has 6 heteroatoms. The number of aromatic nitrogens is 1. The first-order valence-corrected chi connectivity index (χ1v) is 9.05. The van der Waals surface area contributed by atoms with Crippen molar-refractivity contribution in [2.24, 2.45) is 0 Å². The fraction of sp³-hybridized carbons (Fsp3) is 0.200. The minimum absolute atomic E-state index is 0.583. The van der Waals surface area contributed by atoms with Gasteiger partial charge < -0.3 is 15.1 Å². The largest absolute Gasteiger partial charge is 0.481 e. The number of aliphatic carboxylic acids is 1. The number of aliphatic hydroxyl groups excluding tert-OH is 1. The van der Waals surface area contributed by atoms with Crippen molar-refractivity contribution >= 4 is 39.3 Å². The summed E-state index contributed by atoms with van der Waals surface area (Å²) in [6.07, 6.45) is 2.93. The SMILES string of the molecule is CC(O)C(C(=O)O)c1ccc(N(C)C=Cc2nc3ccccc3s2)cc1. The summed E-state index contributed by atoms with van der Waals surface area (Å²) in [5.74, 6) is -1.95. The Morgan fingerprint density at radius 1 is 1.19 bits per heavy atom. The average Bonchev–Trinajstić information content (AvgIpc) is 3.02. The van der Waals surface area contributed by atoms with Gasteiger partial charge in [0.1, 0.15) is 10.9 Å². The third-order valence-corrected chi connectivity index (χ3v) is 5.16. The summed E-state index contributed by atoms with van der Waals surface area (Å²) < 4.78 is 1.15. The smallest absolute Gasteiger partial charge is 0.313 e. The van der Waals surface area contributed by atoms with Gasteiger partial charge in [-0.1, -0.05) is 24.3 Å². The Morgan fingerprint density at radius 3 is 2.50 bits per heavy atom. The Balaban J connectivity index is 1.75. The standard InChI is InChI=1S/C20H20N2O3S/c1-13(23)19(20(24)25)14-7-9-15(10-8-14)22(2)12-11-18-21-16-5-3-4-6-17(16)26-18/h3-13,19,23H,1-2H3,(H,24,25). The van der Waals surface area contributed by atoms with Crippen LogP contribution in [0, 0.1) is 0 Å². The maximum absolute atomic E-state index is 11.3. The molecule has 3 aromatic rings. The topological polar surface area (TPSA) is 73.7 Å². The van der Waals surface area contributed by atoms with Gasteiger partial charge in [-0.3, -0.25) is 4.79 Å². The Hall–Kier alpha value is -2.70. The van der Waals surface area contributed by atoms with Crippen LogP contribution in [0.25, 0.3) is 16.3 Å². The summed E-state index contributed by atoms with van der Waals surface area (Å²) in [7, 11) is 1.92. The molecule has 0 fully saturated rings. The van der Waals surface area contributed by atoms with Gasteiger partial charge in [-0.25, -0.2) is 4.98 Å². The summed E-state index contributed by atoms with van der Waals surface area (Å²) in [6, 6.07) is 15.2. The van der Waals surface area contributed by atoms with Crippen LogP contribution in [0.4, 0.5) is 5.69 Å².